The molecule has 0 unspecified atom stereocenters. The molecule has 2 amide bonds. The fourth-order valence-electron chi connectivity index (χ4n) is 3.19. The Morgan fingerprint density at radius 2 is 1.29 bits per heavy atom. The molecule has 0 radical (unpaired) electrons. The molecule has 0 aliphatic rings. The molecule has 0 fully saturated rings. The lowest BCUT2D eigenvalue weighted by Gasteiger charge is -2.30. The van der Waals surface area contributed by atoms with E-state index >= 15 is 0 Å². The van der Waals surface area contributed by atoms with Gasteiger partial charge in [-0.25, -0.2) is 0 Å². The second-order valence-electron chi connectivity index (χ2n) is 7.23. The number of anilines is 1. The summed E-state index contributed by atoms with van der Waals surface area (Å²) < 4.78 is 0. The van der Waals surface area contributed by atoms with Crippen LogP contribution in [-0.4, -0.2) is 33.8 Å². The number of benzene rings is 3. The van der Waals surface area contributed by atoms with Crippen LogP contribution in [0.15, 0.2) is 84.9 Å². The Morgan fingerprint density at radius 1 is 0.806 bits per heavy atom. The van der Waals surface area contributed by atoms with Gasteiger partial charge in [0.15, 0.2) is 5.11 Å². The highest BCUT2D eigenvalue weighted by Crippen LogP contribution is 2.16. The molecule has 0 saturated carbocycles. The average Bonchev–Trinajstić information content (AvgIpc) is 2.79. The number of amides is 2. The van der Waals surface area contributed by atoms with Gasteiger partial charge in [0.2, 0.25) is 5.91 Å². The van der Waals surface area contributed by atoms with Gasteiger partial charge >= 0.3 is 0 Å². The Morgan fingerprint density at radius 3 is 1.74 bits per heavy atom. The van der Waals surface area contributed by atoms with Crippen molar-refractivity contribution >= 4 is 34.8 Å². The fraction of sp³-hybridized carbons (Fsp3) is 0.160. The number of hydrogen-bond acceptors (Lipinski definition) is 3. The van der Waals surface area contributed by atoms with Crippen LogP contribution in [0.1, 0.15) is 28.4 Å². The van der Waals surface area contributed by atoms with Crippen molar-refractivity contribution in [3.63, 3.8) is 0 Å². The van der Waals surface area contributed by atoms with Crippen LogP contribution in [0.25, 0.3) is 0 Å². The van der Waals surface area contributed by atoms with Gasteiger partial charge in [0.05, 0.1) is 0 Å². The molecule has 0 saturated heterocycles. The van der Waals surface area contributed by atoms with Crippen molar-refractivity contribution in [2.45, 2.75) is 20.0 Å². The maximum Gasteiger partial charge on any atom is 0.259 e. The Kier molecular flexibility index (Phi) is 7.51. The molecule has 3 aromatic rings. The molecule has 0 heterocycles. The molecule has 1 N–H and O–H groups in total. The molecule has 0 aromatic heterocycles. The molecule has 5 nitrogen and oxygen atoms in total. The van der Waals surface area contributed by atoms with Crippen molar-refractivity contribution < 1.29 is 9.59 Å². The van der Waals surface area contributed by atoms with E-state index in [-0.39, 0.29) is 11.8 Å². The molecular formula is C25H25N3O2S. The number of nitrogens with zero attached hydrogens (tertiary/aromatic N) is 2. The van der Waals surface area contributed by atoms with E-state index in [0.29, 0.717) is 29.5 Å². The first kappa shape index (κ1) is 22.2. The Hall–Kier alpha value is -3.51. The van der Waals surface area contributed by atoms with Gasteiger partial charge in [-0.3, -0.25) is 14.5 Å². The third kappa shape index (κ3) is 6.23. The molecule has 158 valence electrons. The number of carbonyl (C=O) groups is 2. The van der Waals surface area contributed by atoms with Gasteiger partial charge in [0.1, 0.15) is 0 Å². The summed E-state index contributed by atoms with van der Waals surface area (Å²) in [4.78, 5) is 27.8. The molecular weight excluding hydrogens is 406 g/mol. The summed E-state index contributed by atoms with van der Waals surface area (Å²) in [6.07, 6.45) is 0. The van der Waals surface area contributed by atoms with Crippen LogP contribution in [0.3, 0.4) is 0 Å². The minimum Gasteiger partial charge on any atom is -0.340 e. The van der Waals surface area contributed by atoms with E-state index < -0.39 is 0 Å². The van der Waals surface area contributed by atoms with Crippen LogP contribution in [0.4, 0.5) is 5.69 Å². The second kappa shape index (κ2) is 10.5. The third-order valence-corrected chi connectivity index (χ3v) is 5.28. The van der Waals surface area contributed by atoms with Crippen LogP contribution in [0.5, 0.6) is 0 Å². The first-order valence-corrected chi connectivity index (χ1v) is 10.4. The lowest BCUT2D eigenvalue weighted by atomic mass is 10.1. The first-order chi connectivity index (χ1) is 14.9. The second-order valence-corrected chi connectivity index (χ2v) is 7.60. The molecule has 0 aliphatic heterocycles. The average molecular weight is 432 g/mol. The van der Waals surface area contributed by atoms with Gasteiger partial charge in [-0.15, -0.1) is 0 Å². The highest BCUT2D eigenvalue weighted by atomic mass is 32.1. The molecule has 0 bridgehead atoms. The lowest BCUT2D eigenvalue weighted by Crippen LogP contribution is -2.43. The SMILES string of the molecule is CC(=O)Nc1ccc(C(=O)N(C)C(=S)N(Cc2ccccc2)Cc2ccccc2)cc1. The van der Waals surface area contributed by atoms with Crippen LogP contribution >= 0.6 is 12.2 Å². The van der Waals surface area contributed by atoms with Gasteiger partial charge in [0, 0.05) is 38.3 Å². The third-order valence-electron chi connectivity index (χ3n) is 4.75. The van der Waals surface area contributed by atoms with E-state index in [1.54, 1.807) is 31.3 Å². The van der Waals surface area contributed by atoms with Gasteiger partial charge in [0.25, 0.3) is 5.91 Å². The Labute approximate surface area is 188 Å². The molecule has 6 heteroatoms. The zero-order valence-corrected chi connectivity index (χ0v) is 18.4. The monoisotopic (exact) mass is 431 g/mol. The summed E-state index contributed by atoms with van der Waals surface area (Å²) in [7, 11) is 1.69. The summed E-state index contributed by atoms with van der Waals surface area (Å²) in [5, 5.41) is 3.15. The van der Waals surface area contributed by atoms with Gasteiger partial charge in [-0.05, 0) is 47.6 Å². The van der Waals surface area contributed by atoms with Crippen LogP contribution in [0, 0.1) is 0 Å². The molecule has 0 atom stereocenters. The number of hydrogen-bond donors (Lipinski definition) is 1. The normalized spacial score (nSPS) is 10.3. The highest BCUT2D eigenvalue weighted by molar-refractivity contribution is 7.80. The summed E-state index contributed by atoms with van der Waals surface area (Å²) in [6, 6.07) is 26.9. The number of carbonyl (C=O) groups excluding carboxylic acids is 2. The van der Waals surface area contributed by atoms with Gasteiger partial charge in [-0.1, -0.05) is 60.7 Å². The number of thiocarbonyl (C=S) groups is 1. The number of nitrogens with one attached hydrogen (secondary N) is 1. The largest absolute Gasteiger partial charge is 0.340 e. The maximum absolute atomic E-state index is 13.1. The fourth-order valence-corrected chi connectivity index (χ4v) is 3.40. The predicted molar refractivity (Wildman–Crippen MR) is 128 cm³/mol. The van der Waals surface area contributed by atoms with Gasteiger partial charge < -0.3 is 10.2 Å². The molecule has 31 heavy (non-hydrogen) atoms. The van der Waals surface area contributed by atoms with E-state index in [4.69, 9.17) is 12.2 Å². The molecule has 0 spiro atoms. The van der Waals surface area contributed by atoms with Crippen LogP contribution < -0.4 is 5.32 Å². The van der Waals surface area contributed by atoms with Crippen LogP contribution in [0.2, 0.25) is 0 Å². The van der Waals surface area contributed by atoms with E-state index in [1.165, 1.54) is 11.8 Å². The zero-order valence-electron chi connectivity index (χ0n) is 17.6. The summed E-state index contributed by atoms with van der Waals surface area (Å²) in [5.41, 5.74) is 3.37. The standard InChI is InChI=1S/C25H25N3O2S/c1-19(29)26-23-15-13-22(14-16-23)24(30)27(2)25(31)28(17-20-9-5-3-6-10-20)18-21-11-7-4-8-12-21/h3-16H,17-18H2,1-2H3,(H,26,29). The first-order valence-electron chi connectivity index (χ1n) is 9.96. The van der Waals surface area contributed by atoms with Crippen molar-refractivity contribution in [2.75, 3.05) is 12.4 Å². The molecule has 0 aliphatic carbocycles. The summed E-state index contributed by atoms with van der Waals surface area (Å²) >= 11 is 5.73. The lowest BCUT2D eigenvalue weighted by molar-refractivity contribution is -0.114. The molecule has 3 rings (SSSR count). The van der Waals surface area contributed by atoms with Crippen LogP contribution in [-0.2, 0) is 17.9 Å². The smallest absolute Gasteiger partial charge is 0.259 e. The van der Waals surface area contributed by atoms with E-state index in [0.717, 1.165) is 11.1 Å². The van der Waals surface area contributed by atoms with Crippen molar-refractivity contribution in [1.82, 2.24) is 9.80 Å². The number of rotatable bonds is 6. The Balaban J connectivity index is 1.78. The van der Waals surface area contributed by atoms with Crippen molar-refractivity contribution in [2.24, 2.45) is 0 Å². The van der Waals surface area contributed by atoms with Crippen molar-refractivity contribution in [3.8, 4) is 0 Å². The zero-order chi connectivity index (χ0) is 22.2. The highest BCUT2D eigenvalue weighted by Gasteiger charge is 2.21. The summed E-state index contributed by atoms with van der Waals surface area (Å²) in [6.45, 7) is 2.63. The minimum atomic E-state index is -0.203. The van der Waals surface area contributed by atoms with E-state index in [9.17, 15) is 9.59 Å². The van der Waals surface area contributed by atoms with Crippen molar-refractivity contribution in [3.05, 3.63) is 102 Å². The quantitative estimate of drug-likeness (QED) is 0.575. The maximum atomic E-state index is 13.1. The van der Waals surface area contributed by atoms with Gasteiger partial charge in [-0.2, -0.15) is 0 Å². The predicted octanol–water partition coefficient (Wildman–Crippen LogP) is 4.70. The Bertz CT molecular complexity index is 996. The molecule has 3 aromatic carbocycles. The van der Waals surface area contributed by atoms with Crippen molar-refractivity contribution in [1.29, 1.82) is 0 Å². The minimum absolute atomic E-state index is 0.158. The summed E-state index contributed by atoms with van der Waals surface area (Å²) in [5.74, 6) is -0.361. The topological polar surface area (TPSA) is 52.7 Å². The van der Waals surface area contributed by atoms with E-state index in [1.807, 2.05) is 65.6 Å². The van der Waals surface area contributed by atoms with E-state index in [2.05, 4.69) is 5.32 Å².